The second kappa shape index (κ2) is 11.0. The topological polar surface area (TPSA) is 17.8 Å². The molecule has 4 heteroatoms. The van der Waals surface area contributed by atoms with E-state index < -0.39 is 26.5 Å². The summed E-state index contributed by atoms with van der Waals surface area (Å²) in [5.41, 5.74) is 1.22. The Bertz CT molecular complexity index is 681. The number of hydrogen-bond donors (Lipinski definition) is 0. The fourth-order valence-corrected chi connectivity index (χ4v) is 26.6. The van der Waals surface area contributed by atoms with E-state index in [9.17, 15) is 0 Å². The predicted octanol–water partition coefficient (Wildman–Crippen LogP) is 6.47. The molecule has 1 heterocycles. The van der Waals surface area contributed by atoms with Crippen LogP contribution in [0.4, 0.5) is 0 Å². The summed E-state index contributed by atoms with van der Waals surface area (Å²) in [6.07, 6.45) is 10.7. The van der Waals surface area contributed by atoms with Crippen LogP contribution in [0.15, 0.2) is 36.5 Å². The number of aromatic nitrogens is 2. The molecule has 0 amide bonds. The average Bonchev–Trinajstić information content (AvgIpc) is 3.15. The Kier molecular flexibility index (Phi) is 9.32. The van der Waals surface area contributed by atoms with E-state index in [1.165, 1.54) is 62.8 Å². The fourth-order valence-electron chi connectivity index (χ4n) is 4.35. The van der Waals surface area contributed by atoms with Crippen LogP contribution in [0.5, 0.6) is 0 Å². The third-order valence-corrected chi connectivity index (χ3v) is 24.1. The first-order valence-electron chi connectivity index (χ1n) is 11.5. The van der Waals surface area contributed by atoms with Crippen molar-refractivity contribution in [1.29, 1.82) is 0 Å². The van der Waals surface area contributed by atoms with Crippen LogP contribution in [0.3, 0.4) is 0 Å². The van der Waals surface area contributed by atoms with Gasteiger partial charge in [0, 0.05) is 0 Å². The molecule has 0 N–H and O–H groups in total. The normalized spacial score (nSPS) is 12.5. The summed E-state index contributed by atoms with van der Waals surface area (Å²) >= 11 is -2.49. The number of hydrogen-bond acceptors (Lipinski definition) is 1. The molecule has 2 nitrogen and oxygen atoms in total. The zero-order chi connectivity index (χ0) is 20.6. The van der Waals surface area contributed by atoms with Gasteiger partial charge in [0.25, 0.3) is 0 Å². The number of benzene rings is 1. The first kappa shape index (κ1) is 23.7. The summed E-state index contributed by atoms with van der Waals surface area (Å²) in [7, 11) is -1.50. The first-order valence-corrected chi connectivity index (χ1v) is 22.5. The number of unbranched alkanes of at least 4 members (excludes halogenated alkanes) is 3. The third-order valence-electron chi connectivity index (χ3n) is 6.04. The Morgan fingerprint density at radius 1 is 0.821 bits per heavy atom. The van der Waals surface area contributed by atoms with Crippen molar-refractivity contribution in [2.24, 2.45) is 0 Å². The molecule has 0 aliphatic carbocycles. The van der Waals surface area contributed by atoms with Crippen molar-refractivity contribution in [3.05, 3.63) is 36.5 Å². The summed E-state index contributed by atoms with van der Waals surface area (Å²) in [5.74, 6) is 0. The van der Waals surface area contributed by atoms with E-state index in [4.69, 9.17) is 5.10 Å². The van der Waals surface area contributed by atoms with Crippen LogP contribution in [-0.4, -0.2) is 36.2 Å². The van der Waals surface area contributed by atoms with E-state index in [-0.39, 0.29) is 0 Å². The van der Waals surface area contributed by atoms with Crippen LogP contribution in [-0.2, 0) is 0 Å². The van der Waals surface area contributed by atoms with Crippen molar-refractivity contribution in [2.45, 2.75) is 92.2 Å². The van der Waals surface area contributed by atoms with Gasteiger partial charge in [-0.3, -0.25) is 0 Å². The third kappa shape index (κ3) is 5.98. The van der Waals surface area contributed by atoms with Crippen LogP contribution in [0.25, 0.3) is 5.69 Å². The van der Waals surface area contributed by atoms with Crippen molar-refractivity contribution in [3.63, 3.8) is 0 Å². The van der Waals surface area contributed by atoms with Gasteiger partial charge in [-0.05, 0) is 0 Å². The molecule has 0 atom stereocenters. The second-order valence-electron chi connectivity index (χ2n) is 9.51. The molecule has 0 aliphatic heterocycles. The summed E-state index contributed by atoms with van der Waals surface area (Å²) in [6.45, 7) is 14.6. The van der Waals surface area contributed by atoms with Gasteiger partial charge >= 0.3 is 180 Å². The van der Waals surface area contributed by atoms with Gasteiger partial charge in [-0.1, -0.05) is 0 Å². The molecule has 0 radical (unpaired) electrons. The van der Waals surface area contributed by atoms with Gasteiger partial charge in [0.2, 0.25) is 0 Å². The minimum absolute atomic E-state index is 1.22. The van der Waals surface area contributed by atoms with Gasteiger partial charge in [0.05, 0.1) is 0 Å². The van der Waals surface area contributed by atoms with E-state index in [2.05, 4.69) is 81.6 Å². The van der Waals surface area contributed by atoms with Crippen molar-refractivity contribution in [2.75, 3.05) is 0 Å². The zero-order valence-corrected chi connectivity index (χ0v) is 23.1. The van der Waals surface area contributed by atoms with Crippen molar-refractivity contribution in [1.82, 2.24) is 9.78 Å². The first-order chi connectivity index (χ1) is 13.4. The maximum atomic E-state index is 5.27. The van der Waals surface area contributed by atoms with Crippen LogP contribution < -0.4 is 8.90 Å². The molecule has 0 unspecified atom stereocenters. The molecular formula is C24H42N2SiSn. The van der Waals surface area contributed by atoms with Crippen LogP contribution in [0.1, 0.15) is 59.3 Å². The predicted molar refractivity (Wildman–Crippen MR) is 131 cm³/mol. The monoisotopic (exact) mass is 506 g/mol. The Morgan fingerprint density at radius 3 is 1.75 bits per heavy atom. The Balaban J connectivity index is 2.62. The fraction of sp³-hybridized carbons (Fsp3) is 0.625. The quantitative estimate of drug-likeness (QED) is 0.302. The SMILES string of the molecule is CCC[CH2][Sn]([CH2]CCC)([CH2]CCC)[c]1cn(-c2ccccc2)nc1[Si](C)(C)C. The van der Waals surface area contributed by atoms with Crippen molar-refractivity contribution < 1.29 is 0 Å². The molecule has 0 saturated carbocycles. The van der Waals surface area contributed by atoms with E-state index in [0.29, 0.717) is 0 Å². The van der Waals surface area contributed by atoms with Crippen LogP contribution in [0, 0.1) is 0 Å². The van der Waals surface area contributed by atoms with Gasteiger partial charge in [0.1, 0.15) is 0 Å². The molecule has 156 valence electrons. The van der Waals surface area contributed by atoms with E-state index in [1.807, 2.05) is 0 Å². The zero-order valence-electron chi connectivity index (χ0n) is 19.2. The molecule has 1 aromatic carbocycles. The molecule has 28 heavy (non-hydrogen) atoms. The summed E-state index contributed by atoms with van der Waals surface area (Å²) < 4.78 is 8.56. The van der Waals surface area contributed by atoms with Gasteiger partial charge in [-0.15, -0.1) is 0 Å². The molecule has 0 saturated heterocycles. The van der Waals surface area contributed by atoms with E-state index in [0.717, 1.165) is 0 Å². The molecule has 0 bridgehead atoms. The average molecular weight is 505 g/mol. The van der Waals surface area contributed by atoms with Gasteiger partial charge < -0.3 is 0 Å². The molecule has 0 aliphatic rings. The van der Waals surface area contributed by atoms with E-state index in [1.54, 1.807) is 3.58 Å². The van der Waals surface area contributed by atoms with Crippen molar-refractivity contribution >= 4 is 35.3 Å². The molecule has 0 spiro atoms. The molecule has 0 fully saturated rings. The number of nitrogens with zero attached hydrogens (tertiary/aromatic N) is 2. The van der Waals surface area contributed by atoms with Gasteiger partial charge in [-0.2, -0.15) is 0 Å². The molecular weight excluding hydrogens is 463 g/mol. The number of rotatable bonds is 12. The van der Waals surface area contributed by atoms with Gasteiger partial charge in [-0.25, -0.2) is 0 Å². The van der Waals surface area contributed by atoms with Gasteiger partial charge in [0.15, 0.2) is 0 Å². The Labute approximate surface area is 179 Å². The van der Waals surface area contributed by atoms with Crippen LogP contribution in [0.2, 0.25) is 33.0 Å². The second-order valence-corrected chi connectivity index (χ2v) is 27.6. The Hall–Kier alpha value is -0.554. The van der Waals surface area contributed by atoms with Crippen molar-refractivity contribution in [3.8, 4) is 5.69 Å². The Morgan fingerprint density at radius 2 is 1.32 bits per heavy atom. The maximum absolute atomic E-state index is 5.27. The minimum atomic E-state index is -2.49. The molecule has 2 rings (SSSR count). The molecule has 1 aromatic heterocycles. The van der Waals surface area contributed by atoms with E-state index >= 15 is 0 Å². The number of para-hydroxylation sites is 1. The summed E-state index contributed by atoms with van der Waals surface area (Å²) in [4.78, 5) is 0. The standard InChI is InChI=1S/C12H15N2Si.3C4H9.Sn/c1-15(2,3)12-9-10-14(13-12)11-7-5-4-6-8-11;3*1-3-4-2;/h4-8,10H,1-3H3;3*1,3-4H2,2H3;. The van der Waals surface area contributed by atoms with Crippen LogP contribution >= 0.6 is 0 Å². The summed E-state index contributed by atoms with van der Waals surface area (Å²) in [6, 6.07) is 10.8. The molecule has 2 aromatic rings. The summed E-state index contributed by atoms with van der Waals surface area (Å²) in [5, 5.41) is 6.80.